The normalized spacial score (nSPS) is 11.2. The SMILES string of the molecule is Cc1cc[n+](CCC(=O)Nc2ccc(S(N)(=O)=O)cc2)cc1. The molecule has 116 valence electrons. The van der Waals surface area contributed by atoms with E-state index in [-0.39, 0.29) is 10.8 Å². The number of nitrogens with one attached hydrogen (secondary N) is 1. The van der Waals surface area contributed by atoms with Crippen LogP contribution >= 0.6 is 0 Å². The number of benzene rings is 1. The van der Waals surface area contributed by atoms with Crippen LogP contribution in [0, 0.1) is 6.92 Å². The number of rotatable bonds is 5. The number of sulfonamides is 1. The lowest BCUT2D eigenvalue weighted by molar-refractivity contribution is -0.695. The van der Waals surface area contributed by atoms with Crippen molar-refractivity contribution >= 4 is 21.6 Å². The summed E-state index contributed by atoms with van der Waals surface area (Å²) in [5.74, 6) is -0.142. The van der Waals surface area contributed by atoms with E-state index in [1.165, 1.54) is 24.3 Å². The van der Waals surface area contributed by atoms with Crippen molar-refractivity contribution < 1.29 is 17.8 Å². The molecular formula is C15H18N3O3S+. The molecule has 1 aromatic heterocycles. The molecule has 0 atom stereocenters. The maximum atomic E-state index is 11.9. The van der Waals surface area contributed by atoms with Crippen molar-refractivity contribution in [1.82, 2.24) is 0 Å². The van der Waals surface area contributed by atoms with Crippen LogP contribution in [0.5, 0.6) is 0 Å². The van der Waals surface area contributed by atoms with Crippen LogP contribution in [-0.4, -0.2) is 14.3 Å². The van der Waals surface area contributed by atoms with Gasteiger partial charge in [-0.15, -0.1) is 0 Å². The molecule has 7 heteroatoms. The first-order chi connectivity index (χ1) is 10.3. The minimum atomic E-state index is -3.71. The Morgan fingerprint density at radius 1 is 1.14 bits per heavy atom. The predicted octanol–water partition coefficient (Wildman–Crippen LogP) is 0.959. The van der Waals surface area contributed by atoms with Crippen molar-refractivity contribution in [2.75, 3.05) is 5.32 Å². The minimum Gasteiger partial charge on any atom is -0.326 e. The Morgan fingerprint density at radius 3 is 2.27 bits per heavy atom. The molecule has 2 rings (SSSR count). The second kappa shape index (κ2) is 6.67. The van der Waals surface area contributed by atoms with Gasteiger partial charge in [0.1, 0.15) is 0 Å². The van der Waals surface area contributed by atoms with Gasteiger partial charge >= 0.3 is 0 Å². The Hall–Kier alpha value is -2.25. The summed E-state index contributed by atoms with van der Waals surface area (Å²) in [5.41, 5.74) is 1.70. The molecule has 3 N–H and O–H groups in total. The molecule has 0 unspecified atom stereocenters. The van der Waals surface area contributed by atoms with Gasteiger partial charge in [0.15, 0.2) is 18.9 Å². The van der Waals surface area contributed by atoms with Gasteiger partial charge in [-0.2, -0.15) is 0 Å². The fourth-order valence-corrected chi connectivity index (χ4v) is 2.38. The van der Waals surface area contributed by atoms with E-state index >= 15 is 0 Å². The van der Waals surface area contributed by atoms with Gasteiger partial charge in [0.05, 0.1) is 11.3 Å². The average molecular weight is 320 g/mol. The van der Waals surface area contributed by atoms with Gasteiger partial charge in [-0.25, -0.2) is 18.1 Å². The lowest BCUT2D eigenvalue weighted by Crippen LogP contribution is -2.34. The summed E-state index contributed by atoms with van der Waals surface area (Å²) in [4.78, 5) is 11.9. The molecule has 0 aliphatic rings. The number of carbonyl (C=O) groups excluding carboxylic acids is 1. The van der Waals surface area contributed by atoms with Gasteiger partial charge in [-0.1, -0.05) is 0 Å². The number of aryl methyl sites for hydroxylation is 2. The van der Waals surface area contributed by atoms with Crippen molar-refractivity contribution in [1.29, 1.82) is 0 Å². The fourth-order valence-electron chi connectivity index (χ4n) is 1.86. The maximum Gasteiger partial charge on any atom is 0.238 e. The van der Waals surface area contributed by atoms with Crippen LogP contribution in [0.2, 0.25) is 0 Å². The topological polar surface area (TPSA) is 93.1 Å². The lowest BCUT2D eigenvalue weighted by atomic mass is 10.3. The number of anilines is 1. The molecular weight excluding hydrogens is 302 g/mol. The zero-order valence-electron chi connectivity index (χ0n) is 12.2. The highest BCUT2D eigenvalue weighted by atomic mass is 32.2. The molecule has 6 nitrogen and oxygen atoms in total. The van der Waals surface area contributed by atoms with E-state index in [2.05, 4.69) is 5.32 Å². The van der Waals surface area contributed by atoms with Crippen LogP contribution < -0.4 is 15.0 Å². The van der Waals surface area contributed by atoms with E-state index in [0.29, 0.717) is 18.7 Å². The highest BCUT2D eigenvalue weighted by Crippen LogP contribution is 2.12. The fraction of sp³-hybridized carbons (Fsp3) is 0.200. The van der Waals surface area contributed by atoms with Gasteiger partial charge in [-0.3, -0.25) is 4.79 Å². The first-order valence-electron chi connectivity index (χ1n) is 6.73. The number of hydrogen-bond donors (Lipinski definition) is 2. The Morgan fingerprint density at radius 2 is 1.73 bits per heavy atom. The van der Waals surface area contributed by atoms with Gasteiger partial charge in [-0.05, 0) is 36.8 Å². The zero-order valence-corrected chi connectivity index (χ0v) is 13.0. The predicted molar refractivity (Wildman–Crippen MR) is 82.4 cm³/mol. The third kappa shape index (κ3) is 4.64. The summed E-state index contributed by atoms with van der Waals surface area (Å²) >= 11 is 0. The summed E-state index contributed by atoms with van der Waals surface area (Å²) in [6.45, 7) is 2.57. The van der Waals surface area contributed by atoms with Crippen molar-refractivity contribution in [2.24, 2.45) is 5.14 Å². The molecule has 0 saturated heterocycles. The van der Waals surface area contributed by atoms with Crippen molar-refractivity contribution in [3.8, 4) is 0 Å². The molecule has 22 heavy (non-hydrogen) atoms. The summed E-state index contributed by atoms with van der Waals surface area (Å²) in [6, 6.07) is 9.69. The van der Waals surface area contributed by atoms with Crippen LogP contribution in [0.3, 0.4) is 0 Å². The molecule has 1 aromatic carbocycles. The molecule has 0 aliphatic carbocycles. The molecule has 2 aromatic rings. The first-order valence-corrected chi connectivity index (χ1v) is 8.28. The molecule has 1 amide bonds. The monoisotopic (exact) mass is 320 g/mol. The molecule has 0 aliphatic heterocycles. The molecule has 0 bridgehead atoms. The van der Waals surface area contributed by atoms with Crippen LogP contribution in [0.25, 0.3) is 0 Å². The van der Waals surface area contributed by atoms with Crippen LogP contribution in [0.1, 0.15) is 12.0 Å². The number of pyridine rings is 1. The first kappa shape index (κ1) is 16.1. The number of nitrogens with two attached hydrogens (primary N) is 1. The van der Waals surface area contributed by atoms with Gasteiger partial charge < -0.3 is 5.32 Å². The third-order valence-corrected chi connectivity index (χ3v) is 4.05. The maximum absolute atomic E-state index is 11.9. The van der Waals surface area contributed by atoms with Gasteiger partial charge in [0.2, 0.25) is 15.9 Å². The standard InChI is InChI=1S/C15H17N3O3S/c1-12-6-9-18(10-7-12)11-8-15(19)17-13-2-4-14(5-3-13)22(16,20)21/h2-7,9-10H,8,11H2,1H3,(H2-,16,17,19,20,21)/p+1. The molecule has 0 fully saturated rings. The van der Waals surface area contributed by atoms with E-state index in [1.54, 1.807) is 0 Å². The smallest absolute Gasteiger partial charge is 0.238 e. The van der Waals surface area contributed by atoms with E-state index in [0.717, 1.165) is 5.56 Å². The summed E-state index contributed by atoms with van der Waals surface area (Å²) in [6.07, 6.45) is 4.16. The largest absolute Gasteiger partial charge is 0.326 e. The van der Waals surface area contributed by atoms with Crippen molar-refractivity contribution in [3.05, 3.63) is 54.4 Å². The number of primary sulfonamides is 1. The van der Waals surface area contributed by atoms with Crippen LogP contribution in [0.4, 0.5) is 5.69 Å². The third-order valence-electron chi connectivity index (χ3n) is 3.12. The molecule has 1 heterocycles. The number of aromatic nitrogens is 1. The van der Waals surface area contributed by atoms with Crippen molar-refractivity contribution in [3.63, 3.8) is 0 Å². The summed E-state index contributed by atoms with van der Waals surface area (Å²) in [5, 5.41) is 7.73. The Kier molecular flexibility index (Phi) is 4.89. The summed E-state index contributed by atoms with van der Waals surface area (Å²) < 4.78 is 24.2. The minimum absolute atomic E-state index is 0.0145. The average Bonchev–Trinajstić information content (AvgIpc) is 2.46. The Bertz CT molecular complexity index is 754. The molecule has 0 spiro atoms. The van der Waals surface area contributed by atoms with Gasteiger partial charge in [0, 0.05) is 17.8 Å². The van der Waals surface area contributed by atoms with E-state index in [9.17, 15) is 13.2 Å². The highest BCUT2D eigenvalue weighted by molar-refractivity contribution is 7.89. The number of nitrogens with zero attached hydrogens (tertiary/aromatic N) is 1. The summed E-state index contributed by atoms with van der Waals surface area (Å²) in [7, 11) is -3.71. The number of carbonyl (C=O) groups is 1. The number of amides is 1. The molecule has 0 saturated carbocycles. The quantitative estimate of drug-likeness (QED) is 0.804. The highest BCUT2D eigenvalue weighted by Gasteiger charge is 2.09. The van der Waals surface area contributed by atoms with Crippen molar-refractivity contribution in [2.45, 2.75) is 24.8 Å². The lowest BCUT2D eigenvalue weighted by Gasteiger charge is -2.05. The second-order valence-electron chi connectivity index (χ2n) is 4.98. The van der Waals surface area contributed by atoms with Crippen LogP contribution in [-0.2, 0) is 21.4 Å². The Labute approximate surface area is 129 Å². The number of hydrogen-bond acceptors (Lipinski definition) is 3. The second-order valence-corrected chi connectivity index (χ2v) is 6.54. The Balaban J connectivity index is 1.90. The molecule has 0 radical (unpaired) electrons. The van der Waals surface area contributed by atoms with Gasteiger partial charge in [0.25, 0.3) is 0 Å². The van der Waals surface area contributed by atoms with E-state index in [1.807, 2.05) is 36.0 Å². The van der Waals surface area contributed by atoms with E-state index < -0.39 is 10.0 Å². The van der Waals surface area contributed by atoms with E-state index in [4.69, 9.17) is 5.14 Å². The zero-order chi connectivity index (χ0) is 16.2. The van der Waals surface area contributed by atoms with Crippen LogP contribution in [0.15, 0.2) is 53.7 Å².